The maximum atomic E-state index is 13.3. The van der Waals surface area contributed by atoms with Crippen LogP contribution in [0.25, 0.3) is 0 Å². The largest absolute Gasteiger partial charge is 0.508 e. The number of halogens is 1. The number of rotatable bonds is 3. The molecule has 0 saturated heterocycles. The molecule has 0 heterocycles. The monoisotopic (exact) mass is 243 g/mol. The Morgan fingerprint density at radius 2 is 1.89 bits per heavy atom. The molecule has 0 saturated carbocycles. The van der Waals surface area contributed by atoms with E-state index in [4.69, 9.17) is 15.1 Å². The third-order valence-electron chi connectivity index (χ3n) is 2.40. The predicted molar refractivity (Wildman–Crippen MR) is 63.6 cm³/mol. The molecule has 0 aliphatic heterocycles. The molecule has 3 nitrogen and oxygen atoms in total. The molecule has 0 atom stereocenters. The van der Waals surface area contributed by atoms with Gasteiger partial charge in [-0.15, -0.1) is 0 Å². The van der Waals surface area contributed by atoms with E-state index >= 15 is 0 Å². The Hall–Kier alpha value is -2.54. The Labute approximate surface area is 104 Å². The Morgan fingerprint density at radius 3 is 2.50 bits per heavy atom. The molecule has 18 heavy (non-hydrogen) atoms. The van der Waals surface area contributed by atoms with E-state index in [2.05, 4.69) is 0 Å². The number of hydrogen-bond donors (Lipinski definition) is 1. The maximum Gasteiger partial charge on any atom is 0.144 e. The Morgan fingerprint density at radius 1 is 1.17 bits per heavy atom. The molecule has 0 radical (unpaired) electrons. The van der Waals surface area contributed by atoms with Gasteiger partial charge in [0.2, 0.25) is 0 Å². The van der Waals surface area contributed by atoms with E-state index in [0.29, 0.717) is 5.75 Å². The van der Waals surface area contributed by atoms with Crippen LogP contribution in [0.5, 0.6) is 11.5 Å². The maximum absolute atomic E-state index is 13.3. The molecule has 0 aromatic heterocycles. The van der Waals surface area contributed by atoms with E-state index in [0.717, 1.165) is 5.56 Å². The fraction of sp³-hybridized carbons (Fsp3) is 0.0714. The number of phenols is 1. The zero-order valence-electron chi connectivity index (χ0n) is 9.43. The van der Waals surface area contributed by atoms with Crippen LogP contribution in [0.15, 0.2) is 42.5 Å². The summed E-state index contributed by atoms with van der Waals surface area (Å²) in [4.78, 5) is 0. The Bertz CT molecular complexity index is 588. The highest BCUT2D eigenvalue weighted by atomic mass is 19.1. The number of nitriles is 1. The van der Waals surface area contributed by atoms with Crippen molar-refractivity contribution in [1.82, 2.24) is 0 Å². The Kier molecular flexibility index (Phi) is 3.44. The smallest absolute Gasteiger partial charge is 0.144 e. The van der Waals surface area contributed by atoms with Gasteiger partial charge in [0.05, 0.1) is 5.56 Å². The molecule has 0 spiro atoms. The first kappa shape index (κ1) is 11.9. The molecule has 0 unspecified atom stereocenters. The van der Waals surface area contributed by atoms with Crippen molar-refractivity contribution in [3.05, 3.63) is 59.4 Å². The lowest BCUT2D eigenvalue weighted by molar-refractivity contribution is 0.304. The van der Waals surface area contributed by atoms with Gasteiger partial charge in [0.15, 0.2) is 0 Å². The molecule has 90 valence electrons. The molecule has 0 bridgehead atoms. The molecule has 2 aromatic rings. The number of hydrogen-bond acceptors (Lipinski definition) is 3. The van der Waals surface area contributed by atoms with Crippen molar-refractivity contribution < 1.29 is 14.2 Å². The van der Waals surface area contributed by atoms with Crippen molar-refractivity contribution in [2.75, 3.05) is 0 Å². The average molecular weight is 243 g/mol. The minimum absolute atomic E-state index is 0.00742. The third-order valence-corrected chi connectivity index (χ3v) is 2.40. The van der Waals surface area contributed by atoms with Crippen LogP contribution in [0.1, 0.15) is 11.1 Å². The zero-order chi connectivity index (χ0) is 13.0. The molecule has 2 aromatic carbocycles. The second kappa shape index (κ2) is 5.19. The van der Waals surface area contributed by atoms with E-state index in [1.807, 2.05) is 0 Å². The van der Waals surface area contributed by atoms with Crippen LogP contribution in [0.3, 0.4) is 0 Å². The quantitative estimate of drug-likeness (QED) is 0.901. The van der Waals surface area contributed by atoms with Crippen molar-refractivity contribution in [2.45, 2.75) is 6.61 Å². The highest BCUT2D eigenvalue weighted by Crippen LogP contribution is 2.18. The summed E-state index contributed by atoms with van der Waals surface area (Å²) in [6, 6.07) is 12.4. The number of aromatic hydroxyl groups is 1. The van der Waals surface area contributed by atoms with Gasteiger partial charge in [0.25, 0.3) is 0 Å². The van der Waals surface area contributed by atoms with Crippen LogP contribution in [0.4, 0.5) is 4.39 Å². The molecule has 0 aliphatic carbocycles. The zero-order valence-corrected chi connectivity index (χ0v) is 9.43. The van der Waals surface area contributed by atoms with Crippen LogP contribution in [0, 0.1) is 17.1 Å². The number of nitrogens with zero attached hydrogens (tertiary/aromatic N) is 1. The van der Waals surface area contributed by atoms with E-state index in [-0.39, 0.29) is 17.9 Å². The van der Waals surface area contributed by atoms with Gasteiger partial charge < -0.3 is 9.84 Å². The SMILES string of the molecule is N#Cc1ccc(OCc2ccc(O)cc2)cc1F. The van der Waals surface area contributed by atoms with E-state index in [9.17, 15) is 4.39 Å². The number of benzene rings is 2. The summed E-state index contributed by atoms with van der Waals surface area (Å²) in [5.74, 6) is -0.0524. The van der Waals surface area contributed by atoms with Crippen molar-refractivity contribution in [1.29, 1.82) is 5.26 Å². The lowest BCUT2D eigenvalue weighted by atomic mass is 10.2. The molecule has 1 N–H and O–H groups in total. The highest BCUT2D eigenvalue weighted by molar-refractivity contribution is 5.36. The summed E-state index contributed by atoms with van der Waals surface area (Å²) < 4.78 is 18.7. The van der Waals surface area contributed by atoms with Crippen molar-refractivity contribution >= 4 is 0 Å². The lowest BCUT2D eigenvalue weighted by Crippen LogP contribution is -1.96. The van der Waals surface area contributed by atoms with Gasteiger partial charge in [-0.05, 0) is 29.8 Å². The molecule has 4 heteroatoms. The second-order valence-electron chi connectivity index (χ2n) is 3.71. The van der Waals surface area contributed by atoms with E-state index in [1.165, 1.54) is 12.1 Å². The van der Waals surface area contributed by atoms with Gasteiger partial charge in [-0.3, -0.25) is 0 Å². The van der Waals surface area contributed by atoms with Crippen LogP contribution in [0.2, 0.25) is 0 Å². The van der Waals surface area contributed by atoms with Crippen LogP contribution in [-0.2, 0) is 6.61 Å². The fourth-order valence-electron chi connectivity index (χ4n) is 1.44. The minimum Gasteiger partial charge on any atom is -0.508 e. The molecular formula is C14H10FNO2. The molecule has 0 fully saturated rings. The molecule has 2 rings (SSSR count). The van der Waals surface area contributed by atoms with Crippen LogP contribution >= 0.6 is 0 Å². The number of phenolic OH excluding ortho intramolecular Hbond substituents is 1. The van der Waals surface area contributed by atoms with Gasteiger partial charge in [-0.2, -0.15) is 5.26 Å². The predicted octanol–water partition coefficient (Wildman–Crippen LogP) is 2.98. The summed E-state index contributed by atoms with van der Waals surface area (Å²) in [5, 5.41) is 17.7. The molecule has 0 amide bonds. The van der Waals surface area contributed by atoms with E-state index in [1.54, 1.807) is 36.4 Å². The van der Waals surface area contributed by atoms with Crippen molar-refractivity contribution in [2.24, 2.45) is 0 Å². The summed E-state index contributed by atoms with van der Waals surface area (Å²) in [6.45, 7) is 0.269. The first-order valence-electron chi connectivity index (χ1n) is 5.29. The van der Waals surface area contributed by atoms with E-state index < -0.39 is 5.82 Å². The Balaban J connectivity index is 2.04. The van der Waals surface area contributed by atoms with Crippen molar-refractivity contribution in [3.8, 4) is 17.6 Å². The summed E-state index contributed by atoms with van der Waals surface area (Å²) in [5.41, 5.74) is 0.851. The topological polar surface area (TPSA) is 53.2 Å². The summed E-state index contributed by atoms with van der Waals surface area (Å²) in [7, 11) is 0. The van der Waals surface area contributed by atoms with Crippen LogP contribution in [-0.4, -0.2) is 5.11 Å². The minimum atomic E-state index is -0.597. The van der Waals surface area contributed by atoms with Crippen LogP contribution < -0.4 is 4.74 Å². The van der Waals surface area contributed by atoms with Gasteiger partial charge in [0, 0.05) is 6.07 Å². The number of ether oxygens (including phenoxy) is 1. The third kappa shape index (κ3) is 2.77. The summed E-state index contributed by atoms with van der Waals surface area (Å²) in [6.07, 6.45) is 0. The first-order valence-corrected chi connectivity index (χ1v) is 5.29. The lowest BCUT2D eigenvalue weighted by Gasteiger charge is -2.06. The molecular weight excluding hydrogens is 233 g/mol. The standard InChI is InChI=1S/C14H10FNO2/c15-14-7-13(6-3-11(14)8-16)18-9-10-1-4-12(17)5-2-10/h1-7,17H,9H2. The van der Waals surface area contributed by atoms with Gasteiger partial charge >= 0.3 is 0 Å². The van der Waals surface area contributed by atoms with Gasteiger partial charge in [0.1, 0.15) is 30.0 Å². The summed E-state index contributed by atoms with van der Waals surface area (Å²) >= 11 is 0. The normalized spacial score (nSPS) is 9.78. The highest BCUT2D eigenvalue weighted by Gasteiger charge is 2.03. The van der Waals surface area contributed by atoms with Gasteiger partial charge in [-0.25, -0.2) is 4.39 Å². The van der Waals surface area contributed by atoms with Crippen molar-refractivity contribution in [3.63, 3.8) is 0 Å². The fourth-order valence-corrected chi connectivity index (χ4v) is 1.44. The molecule has 0 aliphatic rings. The second-order valence-corrected chi connectivity index (χ2v) is 3.71. The first-order chi connectivity index (χ1) is 8.69. The van der Waals surface area contributed by atoms with Gasteiger partial charge in [-0.1, -0.05) is 12.1 Å². The average Bonchev–Trinajstić information content (AvgIpc) is 2.38.